The molecular weight excluding hydrogens is 364 g/mol. The van der Waals surface area contributed by atoms with Crippen LogP contribution < -0.4 is 11.1 Å². The number of carbonyl (C=O) groups excluding carboxylic acids is 1. The van der Waals surface area contributed by atoms with Crippen molar-refractivity contribution in [3.05, 3.63) is 63.6 Å². The number of nitrogens with two attached hydrogens (primary N) is 1. The molecule has 1 unspecified atom stereocenters. The zero-order valence-electron chi connectivity index (χ0n) is 15.0. The maximum absolute atomic E-state index is 11.9. The standard InChI is InChI=1S/C18H22N6O2S/c1-2-26-16(25)12-24-18(21-22-23-24)17(15-7-4-8-27-15)20-11-14-6-3-5-13(9-14)10-19/h3-9,17,20H,2,10-12,19H2,1H3. The number of tetrazole rings is 1. The molecule has 1 atom stereocenters. The molecule has 0 spiro atoms. The zero-order valence-corrected chi connectivity index (χ0v) is 15.9. The average Bonchev–Trinajstić information content (AvgIpc) is 3.35. The van der Waals surface area contributed by atoms with Gasteiger partial charge in [0.1, 0.15) is 12.6 Å². The normalized spacial score (nSPS) is 12.1. The van der Waals surface area contributed by atoms with Crippen LogP contribution in [0.4, 0.5) is 0 Å². The van der Waals surface area contributed by atoms with E-state index in [2.05, 4.69) is 26.9 Å². The topological polar surface area (TPSA) is 108 Å². The van der Waals surface area contributed by atoms with E-state index in [1.807, 2.05) is 35.7 Å². The number of nitrogens with one attached hydrogen (secondary N) is 1. The van der Waals surface area contributed by atoms with Gasteiger partial charge in [0, 0.05) is 18.0 Å². The fraction of sp³-hybridized carbons (Fsp3) is 0.333. The van der Waals surface area contributed by atoms with Gasteiger partial charge in [-0.25, -0.2) is 4.68 Å². The first-order valence-electron chi connectivity index (χ1n) is 8.67. The minimum atomic E-state index is -0.369. The summed E-state index contributed by atoms with van der Waals surface area (Å²) in [5.41, 5.74) is 7.92. The highest BCUT2D eigenvalue weighted by atomic mass is 32.1. The second kappa shape index (κ2) is 9.36. The molecule has 0 bridgehead atoms. The first-order valence-corrected chi connectivity index (χ1v) is 9.55. The maximum Gasteiger partial charge on any atom is 0.327 e. The largest absolute Gasteiger partial charge is 0.465 e. The van der Waals surface area contributed by atoms with E-state index in [9.17, 15) is 4.79 Å². The monoisotopic (exact) mass is 386 g/mol. The quantitative estimate of drug-likeness (QED) is 0.538. The SMILES string of the molecule is CCOC(=O)Cn1nnnc1C(NCc1cccc(CN)c1)c1cccs1. The van der Waals surface area contributed by atoms with Crippen molar-refractivity contribution in [2.75, 3.05) is 6.61 Å². The summed E-state index contributed by atoms with van der Waals surface area (Å²) < 4.78 is 6.49. The molecule has 8 nitrogen and oxygen atoms in total. The summed E-state index contributed by atoms with van der Waals surface area (Å²) in [6, 6.07) is 11.9. The number of esters is 1. The number of ether oxygens (including phenoxy) is 1. The lowest BCUT2D eigenvalue weighted by Crippen LogP contribution is -2.27. The van der Waals surface area contributed by atoms with Crippen molar-refractivity contribution < 1.29 is 9.53 Å². The number of benzene rings is 1. The van der Waals surface area contributed by atoms with Crippen LogP contribution >= 0.6 is 11.3 Å². The van der Waals surface area contributed by atoms with Crippen molar-refractivity contribution in [1.82, 2.24) is 25.5 Å². The van der Waals surface area contributed by atoms with Crippen LogP contribution in [-0.4, -0.2) is 32.8 Å². The summed E-state index contributed by atoms with van der Waals surface area (Å²) in [5.74, 6) is 0.201. The molecule has 0 aliphatic heterocycles. The fourth-order valence-electron chi connectivity index (χ4n) is 2.72. The van der Waals surface area contributed by atoms with Crippen LogP contribution in [0.2, 0.25) is 0 Å². The smallest absolute Gasteiger partial charge is 0.327 e. The van der Waals surface area contributed by atoms with Crippen molar-refractivity contribution in [3.63, 3.8) is 0 Å². The van der Waals surface area contributed by atoms with Crippen molar-refractivity contribution in [1.29, 1.82) is 0 Å². The minimum Gasteiger partial charge on any atom is -0.465 e. The van der Waals surface area contributed by atoms with Crippen molar-refractivity contribution in [2.24, 2.45) is 5.73 Å². The van der Waals surface area contributed by atoms with E-state index in [4.69, 9.17) is 10.5 Å². The van der Waals surface area contributed by atoms with Crippen LogP contribution in [0.25, 0.3) is 0 Å². The molecule has 0 fully saturated rings. The third-order valence-corrected chi connectivity index (χ3v) is 4.90. The Morgan fingerprint density at radius 1 is 1.33 bits per heavy atom. The highest BCUT2D eigenvalue weighted by Crippen LogP contribution is 2.25. The summed E-state index contributed by atoms with van der Waals surface area (Å²) in [7, 11) is 0. The Hall–Kier alpha value is -2.62. The number of rotatable bonds is 9. The minimum absolute atomic E-state index is 0.0254. The van der Waals surface area contributed by atoms with E-state index in [0.29, 0.717) is 25.5 Å². The van der Waals surface area contributed by atoms with Crippen LogP contribution in [0.3, 0.4) is 0 Å². The molecule has 0 radical (unpaired) electrons. The predicted octanol–water partition coefficient (Wildman–Crippen LogP) is 1.64. The lowest BCUT2D eigenvalue weighted by atomic mass is 10.1. The van der Waals surface area contributed by atoms with Gasteiger partial charge >= 0.3 is 5.97 Å². The van der Waals surface area contributed by atoms with Crippen LogP contribution in [-0.2, 0) is 29.2 Å². The molecule has 1 aromatic carbocycles. The zero-order chi connectivity index (χ0) is 19.1. The predicted molar refractivity (Wildman–Crippen MR) is 102 cm³/mol. The van der Waals surface area contributed by atoms with E-state index in [-0.39, 0.29) is 18.6 Å². The van der Waals surface area contributed by atoms with Gasteiger partial charge < -0.3 is 10.5 Å². The Balaban J connectivity index is 1.81. The Labute approximate surface area is 161 Å². The second-order valence-corrected chi connectivity index (χ2v) is 6.83. The molecule has 0 aliphatic rings. The number of thiophene rings is 1. The summed E-state index contributed by atoms with van der Waals surface area (Å²) in [6.07, 6.45) is 0. The molecule has 3 rings (SSSR count). The van der Waals surface area contributed by atoms with Gasteiger partial charge in [0.25, 0.3) is 0 Å². The van der Waals surface area contributed by atoms with E-state index >= 15 is 0 Å². The first-order chi connectivity index (χ1) is 13.2. The Bertz CT molecular complexity index is 864. The molecule has 3 N–H and O–H groups in total. The van der Waals surface area contributed by atoms with Gasteiger partial charge in [0.05, 0.1) is 6.61 Å². The van der Waals surface area contributed by atoms with Crippen molar-refractivity contribution in [2.45, 2.75) is 32.6 Å². The lowest BCUT2D eigenvalue weighted by molar-refractivity contribution is -0.144. The van der Waals surface area contributed by atoms with Crippen LogP contribution in [0.5, 0.6) is 0 Å². The summed E-state index contributed by atoms with van der Waals surface area (Å²) in [4.78, 5) is 12.9. The highest BCUT2D eigenvalue weighted by molar-refractivity contribution is 7.10. The second-order valence-electron chi connectivity index (χ2n) is 5.85. The van der Waals surface area contributed by atoms with Crippen LogP contribution in [0.15, 0.2) is 41.8 Å². The molecule has 0 amide bonds. The first kappa shape index (κ1) is 19.2. The van der Waals surface area contributed by atoms with Crippen LogP contribution in [0.1, 0.15) is 34.8 Å². The van der Waals surface area contributed by atoms with Gasteiger partial charge in [-0.15, -0.1) is 16.4 Å². The molecule has 142 valence electrons. The van der Waals surface area contributed by atoms with Gasteiger partial charge in [-0.05, 0) is 39.9 Å². The van der Waals surface area contributed by atoms with Crippen LogP contribution in [0, 0.1) is 0 Å². The third kappa shape index (κ3) is 4.97. The molecule has 0 saturated heterocycles. The van der Waals surface area contributed by atoms with E-state index in [1.54, 1.807) is 18.3 Å². The summed E-state index contributed by atoms with van der Waals surface area (Å²) >= 11 is 1.60. The van der Waals surface area contributed by atoms with Gasteiger partial charge in [0.15, 0.2) is 5.82 Å². The molecule has 0 aliphatic carbocycles. The van der Waals surface area contributed by atoms with Gasteiger partial charge in [-0.2, -0.15) is 0 Å². The molecule has 2 aromatic heterocycles. The van der Waals surface area contributed by atoms with E-state index in [1.165, 1.54) is 4.68 Å². The Morgan fingerprint density at radius 3 is 2.93 bits per heavy atom. The number of nitrogens with zero attached hydrogens (tertiary/aromatic N) is 4. The number of hydrogen-bond donors (Lipinski definition) is 2. The van der Waals surface area contributed by atoms with Gasteiger partial charge in [0.2, 0.25) is 0 Å². The molecular formula is C18H22N6O2S. The van der Waals surface area contributed by atoms with Crippen molar-refractivity contribution in [3.8, 4) is 0 Å². The molecule has 27 heavy (non-hydrogen) atoms. The summed E-state index contributed by atoms with van der Waals surface area (Å²) in [5, 5.41) is 17.3. The number of hydrogen-bond acceptors (Lipinski definition) is 8. The maximum atomic E-state index is 11.9. The molecule has 0 saturated carbocycles. The fourth-order valence-corrected chi connectivity index (χ4v) is 3.52. The highest BCUT2D eigenvalue weighted by Gasteiger charge is 2.23. The van der Waals surface area contributed by atoms with Gasteiger partial charge in [-0.3, -0.25) is 10.1 Å². The number of carbonyl (C=O) groups is 1. The summed E-state index contributed by atoms with van der Waals surface area (Å²) in [6.45, 7) is 3.18. The van der Waals surface area contributed by atoms with E-state index < -0.39 is 0 Å². The van der Waals surface area contributed by atoms with Gasteiger partial charge in [-0.1, -0.05) is 30.3 Å². The molecule has 9 heteroatoms. The Kier molecular flexibility index (Phi) is 6.64. The third-order valence-electron chi connectivity index (χ3n) is 3.97. The van der Waals surface area contributed by atoms with E-state index in [0.717, 1.165) is 16.0 Å². The van der Waals surface area contributed by atoms with Crippen molar-refractivity contribution >= 4 is 17.3 Å². The number of aromatic nitrogens is 4. The Morgan fingerprint density at radius 2 is 2.19 bits per heavy atom. The lowest BCUT2D eigenvalue weighted by Gasteiger charge is -2.17. The molecule has 2 heterocycles. The molecule has 3 aromatic rings. The average molecular weight is 386 g/mol.